The standard InChI is InChI=1S/C19H23N7/c1-2-13-6-12(9-25(13)4-1)15-7-16-17(8-20-15)24-19(23-16)26-5-3-14-18(10-26)22-11-21-14/h1-2,4,11-12,15,20H,3,5-10H2,(H,21,22)(H,23,24). The van der Waals surface area contributed by atoms with E-state index in [1.165, 1.54) is 34.9 Å². The largest absolute Gasteiger partial charge is 0.351 e. The Kier molecular flexibility index (Phi) is 3.08. The molecule has 134 valence electrons. The number of hydrogen-bond acceptors (Lipinski definition) is 4. The second-order valence-corrected chi connectivity index (χ2v) is 7.79. The average Bonchev–Trinajstić information content (AvgIpc) is 3.41. The van der Waals surface area contributed by atoms with E-state index in [0.717, 1.165) is 45.0 Å². The molecule has 3 aliphatic heterocycles. The summed E-state index contributed by atoms with van der Waals surface area (Å²) in [4.78, 5) is 18.5. The fourth-order valence-electron chi connectivity index (χ4n) is 4.81. The van der Waals surface area contributed by atoms with Gasteiger partial charge in [-0.3, -0.25) is 0 Å². The van der Waals surface area contributed by atoms with Crippen molar-refractivity contribution in [3.8, 4) is 0 Å². The number of nitrogens with zero attached hydrogens (tertiary/aromatic N) is 4. The lowest BCUT2D eigenvalue weighted by Crippen LogP contribution is -2.42. The molecule has 0 fully saturated rings. The van der Waals surface area contributed by atoms with Crippen molar-refractivity contribution in [3.63, 3.8) is 0 Å². The molecule has 3 aromatic rings. The Morgan fingerprint density at radius 3 is 3.12 bits per heavy atom. The maximum atomic E-state index is 4.89. The first-order chi connectivity index (χ1) is 12.8. The number of aromatic amines is 2. The number of imidazole rings is 2. The van der Waals surface area contributed by atoms with Crippen molar-refractivity contribution in [1.82, 2.24) is 29.8 Å². The molecule has 0 saturated carbocycles. The minimum Gasteiger partial charge on any atom is -0.351 e. The number of hydrogen-bond donors (Lipinski definition) is 3. The summed E-state index contributed by atoms with van der Waals surface area (Å²) in [5.41, 5.74) is 6.38. The molecule has 2 atom stereocenters. The van der Waals surface area contributed by atoms with Crippen molar-refractivity contribution in [2.45, 2.75) is 44.9 Å². The zero-order valence-corrected chi connectivity index (χ0v) is 14.7. The van der Waals surface area contributed by atoms with Crippen LogP contribution in [0.5, 0.6) is 0 Å². The van der Waals surface area contributed by atoms with Gasteiger partial charge in [-0.25, -0.2) is 9.97 Å². The third-order valence-corrected chi connectivity index (χ3v) is 6.28. The van der Waals surface area contributed by atoms with E-state index in [1.807, 2.05) is 0 Å². The Balaban J connectivity index is 1.19. The predicted octanol–water partition coefficient (Wildman–Crippen LogP) is 1.38. The van der Waals surface area contributed by atoms with Crippen LogP contribution in [0.3, 0.4) is 0 Å². The van der Waals surface area contributed by atoms with Gasteiger partial charge in [0, 0.05) is 56.1 Å². The molecule has 0 spiro atoms. The fourth-order valence-corrected chi connectivity index (χ4v) is 4.81. The molecular formula is C19H23N7. The van der Waals surface area contributed by atoms with E-state index >= 15 is 0 Å². The van der Waals surface area contributed by atoms with Crippen molar-refractivity contribution in [1.29, 1.82) is 0 Å². The molecular weight excluding hydrogens is 326 g/mol. The van der Waals surface area contributed by atoms with Crippen LogP contribution in [0, 0.1) is 5.92 Å². The van der Waals surface area contributed by atoms with Crippen LogP contribution < -0.4 is 10.2 Å². The van der Waals surface area contributed by atoms with E-state index in [1.54, 1.807) is 6.33 Å². The summed E-state index contributed by atoms with van der Waals surface area (Å²) in [6.45, 7) is 3.83. The molecule has 2 unspecified atom stereocenters. The second-order valence-electron chi connectivity index (χ2n) is 7.79. The van der Waals surface area contributed by atoms with Gasteiger partial charge in [0.25, 0.3) is 0 Å². The van der Waals surface area contributed by atoms with Crippen LogP contribution in [0.4, 0.5) is 5.95 Å². The van der Waals surface area contributed by atoms with Crippen LogP contribution in [0.25, 0.3) is 0 Å². The Hall–Kier alpha value is -2.54. The van der Waals surface area contributed by atoms with Crippen LogP contribution >= 0.6 is 0 Å². The molecule has 0 radical (unpaired) electrons. The minimum atomic E-state index is 0.524. The third kappa shape index (κ3) is 2.23. The third-order valence-electron chi connectivity index (χ3n) is 6.28. The van der Waals surface area contributed by atoms with Crippen molar-refractivity contribution in [2.75, 3.05) is 11.4 Å². The Labute approximate surface area is 151 Å². The maximum absolute atomic E-state index is 4.89. The summed E-state index contributed by atoms with van der Waals surface area (Å²) in [6, 6.07) is 4.93. The predicted molar refractivity (Wildman–Crippen MR) is 97.9 cm³/mol. The molecule has 3 aromatic heterocycles. The number of aromatic nitrogens is 5. The normalized spacial score (nSPS) is 24.4. The molecule has 7 nitrogen and oxygen atoms in total. The number of nitrogens with one attached hydrogen (secondary N) is 3. The van der Waals surface area contributed by atoms with E-state index in [2.05, 4.69) is 48.1 Å². The van der Waals surface area contributed by atoms with Gasteiger partial charge in [-0.15, -0.1) is 0 Å². The van der Waals surface area contributed by atoms with E-state index in [4.69, 9.17) is 4.98 Å². The zero-order chi connectivity index (χ0) is 17.1. The lowest BCUT2D eigenvalue weighted by Gasteiger charge is -2.28. The first kappa shape index (κ1) is 14.6. The zero-order valence-electron chi connectivity index (χ0n) is 14.7. The summed E-state index contributed by atoms with van der Waals surface area (Å²) < 4.78 is 2.40. The summed E-state index contributed by atoms with van der Waals surface area (Å²) in [5.74, 6) is 1.68. The lowest BCUT2D eigenvalue weighted by molar-refractivity contribution is 0.325. The van der Waals surface area contributed by atoms with Gasteiger partial charge in [-0.1, -0.05) is 0 Å². The molecule has 7 heteroatoms. The van der Waals surface area contributed by atoms with Crippen LogP contribution in [-0.4, -0.2) is 37.1 Å². The molecule has 0 bridgehead atoms. The van der Waals surface area contributed by atoms with Crippen LogP contribution in [0.15, 0.2) is 24.7 Å². The maximum Gasteiger partial charge on any atom is 0.203 e. The van der Waals surface area contributed by atoms with E-state index in [0.29, 0.717) is 12.0 Å². The van der Waals surface area contributed by atoms with Gasteiger partial charge in [-0.2, -0.15) is 0 Å². The molecule has 0 aliphatic carbocycles. The monoisotopic (exact) mass is 349 g/mol. The first-order valence-electron chi connectivity index (χ1n) is 9.55. The molecule has 26 heavy (non-hydrogen) atoms. The van der Waals surface area contributed by atoms with Gasteiger partial charge >= 0.3 is 0 Å². The van der Waals surface area contributed by atoms with Crippen LogP contribution in [0.1, 0.15) is 28.5 Å². The van der Waals surface area contributed by atoms with E-state index in [9.17, 15) is 0 Å². The quantitative estimate of drug-likeness (QED) is 0.653. The summed E-state index contributed by atoms with van der Waals surface area (Å²) in [5, 5.41) is 3.74. The molecule has 0 amide bonds. The van der Waals surface area contributed by atoms with Gasteiger partial charge in [0.1, 0.15) is 0 Å². The Morgan fingerprint density at radius 2 is 2.15 bits per heavy atom. The molecule has 6 rings (SSSR count). The number of H-pyrrole nitrogens is 2. The minimum absolute atomic E-state index is 0.524. The van der Waals surface area contributed by atoms with Crippen LogP contribution in [-0.2, 0) is 38.9 Å². The van der Waals surface area contributed by atoms with Crippen molar-refractivity contribution < 1.29 is 0 Å². The van der Waals surface area contributed by atoms with E-state index < -0.39 is 0 Å². The topological polar surface area (TPSA) is 77.6 Å². The summed E-state index contributed by atoms with van der Waals surface area (Å²) in [7, 11) is 0. The summed E-state index contributed by atoms with van der Waals surface area (Å²) >= 11 is 0. The summed E-state index contributed by atoms with van der Waals surface area (Å²) in [6.07, 6.45) is 7.20. The highest BCUT2D eigenvalue weighted by Crippen LogP contribution is 2.29. The highest BCUT2D eigenvalue weighted by molar-refractivity contribution is 5.39. The van der Waals surface area contributed by atoms with Gasteiger partial charge in [0.05, 0.1) is 30.0 Å². The Morgan fingerprint density at radius 1 is 1.15 bits per heavy atom. The first-order valence-corrected chi connectivity index (χ1v) is 9.55. The van der Waals surface area contributed by atoms with Gasteiger partial charge in [0.15, 0.2) is 0 Å². The SMILES string of the molecule is c1cc2n(c1)CC(C1Cc3[nH]c(N4CCc5nc[nH]c5C4)nc3CN1)C2. The smallest absolute Gasteiger partial charge is 0.203 e. The van der Waals surface area contributed by atoms with E-state index in [-0.39, 0.29) is 0 Å². The van der Waals surface area contributed by atoms with Gasteiger partial charge < -0.3 is 24.8 Å². The fraction of sp³-hybridized carbons (Fsp3) is 0.474. The number of rotatable bonds is 2. The number of fused-ring (bicyclic) bond motifs is 3. The van der Waals surface area contributed by atoms with Crippen molar-refractivity contribution in [2.24, 2.45) is 5.92 Å². The Bertz CT molecular complexity index is 928. The van der Waals surface area contributed by atoms with Gasteiger partial charge in [-0.05, 0) is 24.5 Å². The highest BCUT2D eigenvalue weighted by Gasteiger charge is 2.33. The van der Waals surface area contributed by atoms with Gasteiger partial charge in [0.2, 0.25) is 5.95 Å². The number of anilines is 1. The highest BCUT2D eigenvalue weighted by atomic mass is 15.3. The van der Waals surface area contributed by atoms with Crippen molar-refractivity contribution >= 4 is 5.95 Å². The molecule has 6 heterocycles. The molecule has 3 aliphatic rings. The van der Waals surface area contributed by atoms with Crippen LogP contribution in [0.2, 0.25) is 0 Å². The van der Waals surface area contributed by atoms with Crippen molar-refractivity contribution in [3.05, 3.63) is 53.1 Å². The molecule has 3 N–H and O–H groups in total. The molecule has 0 saturated heterocycles. The average molecular weight is 349 g/mol. The second kappa shape index (κ2) is 5.48. The molecule has 0 aromatic carbocycles. The lowest BCUT2D eigenvalue weighted by atomic mass is 9.91.